The fraction of sp³-hybridized carbons (Fsp3) is 0.185. The highest BCUT2D eigenvalue weighted by Crippen LogP contribution is 2.38. The van der Waals surface area contributed by atoms with Crippen LogP contribution in [0.4, 0.5) is 27.8 Å². The molecule has 2 amide bonds. The van der Waals surface area contributed by atoms with E-state index >= 15 is 0 Å². The Morgan fingerprint density at radius 2 is 1.73 bits per heavy atom. The van der Waals surface area contributed by atoms with Crippen LogP contribution >= 0.6 is 0 Å². The van der Waals surface area contributed by atoms with E-state index in [2.05, 4.69) is 20.9 Å². The van der Waals surface area contributed by atoms with Gasteiger partial charge in [0.2, 0.25) is 5.71 Å². The van der Waals surface area contributed by atoms with Crippen molar-refractivity contribution in [2.24, 2.45) is 0 Å². The Kier molecular flexibility index (Phi) is 7.72. The monoisotopic (exact) mass is 557 g/mol. The summed E-state index contributed by atoms with van der Waals surface area (Å²) in [5.41, 5.74) is -0.306. The molecule has 0 bridgehead atoms. The fourth-order valence-electron chi connectivity index (χ4n) is 3.89. The number of nitrogens with one attached hydrogen (secondary N) is 3. The topological polar surface area (TPSA) is 120 Å². The number of carbonyl (C=O) groups excluding carboxylic acids is 2. The second kappa shape index (κ2) is 11.0. The molecule has 0 spiro atoms. The molecule has 0 fully saturated rings. The van der Waals surface area contributed by atoms with Gasteiger partial charge in [0.15, 0.2) is 0 Å². The highest BCUT2D eigenvalue weighted by molar-refractivity contribution is 6.11. The molecule has 0 saturated carbocycles. The van der Waals surface area contributed by atoms with Gasteiger partial charge in [-0.2, -0.15) is 23.4 Å². The van der Waals surface area contributed by atoms with Crippen LogP contribution in [0.3, 0.4) is 0 Å². The maximum absolute atomic E-state index is 14.6. The van der Waals surface area contributed by atoms with Crippen molar-refractivity contribution in [1.29, 1.82) is 5.26 Å². The molecule has 0 radical (unpaired) electrons. The molecule has 2 aromatic heterocycles. The number of aromatic nitrogens is 1. The lowest BCUT2D eigenvalue weighted by atomic mass is 9.99. The molecule has 8 nitrogen and oxygen atoms in total. The molecule has 4 rings (SSSR count). The lowest BCUT2D eigenvalue weighted by molar-refractivity contribution is -0.115. The number of carbonyl (C=O) groups is 2. The van der Waals surface area contributed by atoms with Crippen molar-refractivity contribution in [1.82, 2.24) is 15.6 Å². The van der Waals surface area contributed by atoms with Crippen molar-refractivity contribution in [2.45, 2.75) is 19.1 Å². The van der Waals surface area contributed by atoms with E-state index in [4.69, 9.17) is 9.68 Å². The number of hydrogen-bond acceptors (Lipinski definition) is 6. The lowest BCUT2D eigenvalue weighted by Gasteiger charge is -2.14. The number of pyridine rings is 1. The average Bonchev–Trinajstić information content (AvgIpc) is 3.29. The number of rotatable bonds is 7. The van der Waals surface area contributed by atoms with Gasteiger partial charge in [-0.15, -0.1) is 0 Å². The van der Waals surface area contributed by atoms with E-state index in [-0.39, 0.29) is 39.4 Å². The van der Waals surface area contributed by atoms with Crippen molar-refractivity contribution >= 4 is 28.7 Å². The standard InChI is InChI=1S/C27H20F5N5O3/c1-13(11-33)36-24(38)18-9-15(5-8-20(18)29)17-10-19-21(25(39)34-2)22(14-3-6-16(28)7-4-14)40-26(19)37-23(17)35-12-27(30,31)32/h3-10,13H,12H2,1-2H3,(H,34,39)(H,35,37)(H,36,38). The first-order valence-corrected chi connectivity index (χ1v) is 11.7. The number of nitriles is 1. The first-order valence-electron chi connectivity index (χ1n) is 11.7. The number of nitrogens with zero attached hydrogens (tertiary/aromatic N) is 2. The van der Waals surface area contributed by atoms with Gasteiger partial charge in [0.25, 0.3) is 11.8 Å². The third kappa shape index (κ3) is 5.85. The molecule has 0 saturated heterocycles. The number of amides is 2. The summed E-state index contributed by atoms with van der Waals surface area (Å²) in [6.07, 6.45) is -4.63. The summed E-state index contributed by atoms with van der Waals surface area (Å²) in [6.45, 7) is -0.102. The van der Waals surface area contributed by atoms with Gasteiger partial charge in [0.1, 0.15) is 35.8 Å². The molecule has 2 aromatic carbocycles. The maximum atomic E-state index is 14.6. The van der Waals surface area contributed by atoms with Crippen LogP contribution < -0.4 is 16.0 Å². The number of hydrogen-bond donors (Lipinski definition) is 3. The Hall–Kier alpha value is -4.99. The maximum Gasteiger partial charge on any atom is 0.405 e. The fourth-order valence-corrected chi connectivity index (χ4v) is 3.89. The van der Waals surface area contributed by atoms with Gasteiger partial charge < -0.3 is 20.4 Å². The molecule has 4 aromatic rings. The van der Waals surface area contributed by atoms with Gasteiger partial charge in [-0.3, -0.25) is 9.59 Å². The summed E-state index contributed by atoms with van der Waals surface area (Å²) in [7, 11) is 1.36. The summed E-state index contributed by atoms with van der Waals surface area (Å²) in [5.74, 6) is -3.34. The molecule has 1 atom stereocenters. The van der Waals surface area contributed by atoms with Crippen molar-refractivity contribution < 1.29 is 36.0 Å². The Bertz CT molecular complexity index is 1640. The minimum absolute atomic E-state index is 0.00394. The van der Waals surface area contributed by atoms with Gasteiger partial charge in [0, 0.05) is 18.2 Å². The van der Waals surface area contributed by atoms with Crippen LogP contribution in [-0.2, 0) is 0 Å². The molecule has 0 aliphatic rings. The molecular weight excluding hydrogens is 537 g/mol. The minimum Gasteiger partial charge on any atom is -0.437 e. The Balaban J connectivity index is 1.96. The lowest BCUT2D eigenvalue weighted by Crippen LogP contribution is -2.31. The SMILES string of the molecule is CNC(=O)c1c(-c2ccc(F)cc2)oc2nc(NCC(F)(F)F)c(-c3ccc(F)c(C(=O)NC(C)C#N)c3)cc12. The van der Waals surface area contributed by atoms with Crippen molar-refractivity contribution in [3.05, 3.63) is 71.3 Å². The summed E-state index contributed by atoms with van der Waals surface area (Å²) in [6, 6.07) is 10.4. The van der Waals surface area contributed by atoms with Crippen LogP contribution in [-0.4, -0.2) is 42.6 Å². The second-order valence-electron chi connectivity index (χ2n) is 8.62. The van der Waals surface area contributed by atoms with Gasteiger partial charge >= 0.3 is 6.18 Å². The van der Waals surface area contributed by atoms with Gasteiger partial charge in [-0.1, -0.05) is 6.07 Å². The summed E-state index contributed by atoms with van der Waals surface area (Å²) < 4.78 is 73.2. The van der Waals surface area contributed by atoms with E-state index in [9.17, 15) is 31.5 Å². The van der Waals surface area contributed by atoms with Crippen molar-refractivity contribution in [2.75, 3.05) is 18.9 Å². The van der Waals surface area contributed by atoms with E-state index in [0.29, 0.717) is 5.56 Å². The molecule has 206 valence electrons. The zero-order valence-electron chi connectivity index (χ0n) is 20.9. The summed E-state index contributed by atoms with van der Waals surface area (Å²) in [5, 5.41) is 16.0. The number of anilines is 1. The molecule has 13 heteroatoms. The normalized spacial score (nSPS) is 12.1. The molecular formula is C27H20F5N5O3. The quantitative estimate of drug-likeness (QED) is 0.261. The number of fused-ring (bicyclic) bond motifs is 1. The molecule has 3 N–H and O–H groups in total. The molecule has 2 heterocycles. The Morgan fingerprint density at radius 3 is 2.35 bits per heavy atom. The zero-order chi connectivity index (χ0) is 29.2. The summed E-state index contributed by atoms with van der Waals surface area (Å²) in [4.78, 5) is 29.6. The molecule has 1 unspecified atom stereocenters. The number of furan rings is 1. The predicted octanol–water partition coefficient (Wildman–Crippen LogP) is 5.42. The van der Waals surface area contributed by atoms with Gasteiger partial charge in [0.05, 0.1) is 22.6 Å². The van der Waals surface area contributed by atoms with Crippen molar-refractivity contribution in [3.8, 4) is 28.5 Å². The van der Waals surface area contributed by atoms with Crippen LogP contribution in [0.5, 0.6) is 0 Å². The van der Waals surface area contributed by atoms with E-state index in [1.54, 1.807) is 6.07 Å². The number of alkyl halides is 3. The van der Waals surface area contributed by atoms with Gasteiger partial charge in [-0.25, -0.2) is 8.78 Å². The average molecular weight is 557 g/mol. The highest BCUT2D eigenvalue weighted by atomic mass is 19.4. The first-order chi connectivity index (χ1) is 18.9. The van der Waals surface area contributed by atoms with Crippen molar-refractivity contribution in [3.63, 3.8) is 0 Å². The number of halogens is 5. The van der Waals surface area contributed by atoms with Crippen LogP contribution in [0.2, 0.25) is 0 Å². The molecule has 0 aliphatic carbocycles. The Morgan fingerprint density at radius 1 is 1.05 bits per heavy atom. The van der Waals surface area contributed by atoms with Crippen LogP contribution in [0.1, 0.15) is 27.6 Å². The Labute approximate surface area is 223 Å². The minimum atomic E-state index is -4.63. The number of benzene rings is 2. The van der Waals surface area contributed by atoms with Crippen LogP contribution in [0, 0.1) is 23.0 Å². The van der Waals surface area contributed by atoms with E-state index in [0.717, 1.165) is 24.3 Å². The van der Waals surface area contributed by atoms with E-state index < -0.39 is 47.8 Å². The third-order valence-corrected chi connectivity index (χ3v) is 5.76. The van der Waals surface area contributed by atoms with E-state index in [1.165, 1.54) is 38.2 Å². The van der Waals surface area contributed by atoms with Crippen LogP contribution in [0.25, 0.3) is 33.6 Å². The second-order valence-corrected chi connectivity index (χ2v) is 8.62. The molecule has 40 heavy (non-hydrogen) atoms. The van der Waals surface area contributed by atoms with Crippen LogP contribution in [0.15, 0.2) is 52.9 Å². The largest absolute Gasteiger partial charge is 0.437 e. The molecule has 0 aliphatic heterocycles. The van der Waals surface area contributed by atoms with Gasteiger partial charge in [-0.05, 0) is 55.0 Å². The highest BCUT2D eigenvalue weighted by Gasteiger charge is 2.29. The smallest absolute Gasteiger partial charge is 0.405 e. The first kappa shape index (κ1) is 28.0. The predicted molar refractivity (Wildman–Crippen MR) is 135 cm³/mol. The third-order valence-electron chi connectivity index (χ3n) is 5.76. The summed E-state index contributed by atoms with van der Waals surface area (Å²) >= 11 is 0. The zero-order valence-corrected chi connectivity index (χ0v) is 20.9. The van der Waals surface area contributed by atoms with E-state index in [1.807, 2.05) is 0 Å².